The molecule has 384 valence electrons. The van der Waals surface area contributed by atoms with Gasteiger partial charge in [0.1, 0.15) is 23.1 Å². The Labute approximate surface area is 424 Å². The first kappa shape index (κ1) is 70.3. The molecular weight excluding hydrogens is 849 g/mol. The van der Waals surface area contributed by atoms with Crippen molar-refractivity contribution in [2.24, 2.45) is 0 Å². The number of hydrogen-bond acceptors (Lipinski definition) is 5. The summed E-state index contributed by atoms with van der Waals surface area (Å²) in [4.78, 5) is 54.0. The maximum atomic E-state index is 11.2. The number of allylic oxidation sites excluding steroid dienone is 2. The van der Waals surface area contributed by atoms with Crippen molar-refractivity contribution >= 4 is 41.1 Å². The maximum absolute atomic E-state index is 11.2. The lowest BCUT2D eigenvalue weighted by molar-refractivity contribution is -0.118. The number of benzene rings is 4. The normalized spacial score (nSPS) is 9.46. The molecule has 0 radical (unpaired) electrons. The number of carbonyl (C=O) groups is 5. The lowest BCUT2D eigenvalue weighted by atomic mass is 9.97. The standard InChI is InChI=1S/C18H24O2.C12H16O.C12H14O.C10H14.C6H12O.3C2H6/c1-13-5-10-18(14(2)11-13)12-17(8-6-15(3)19)9-7-16(4)20;2*1-9-4-6-12(10(2)8-9)7-5-11(3)13;1-4-10-6-5-8(2)7-9(10)3;1-3-4-5-6(2)7;3*1-2/h5,10-12H,6-9H2,1-4H3;4,6,8H,5,7H2,1-3H3;4-8H,1-3H3;5-7H,4H2,1-3H3;3-5H2,1-2H3;3*1-2H3/b;;7-5+;;;;;. The van der Waals surface area contributed by atoms with Crippen molar-refractivity contribution < 1.29 is 24.0 Å². The Hall–Kier alpha value is -5.29. The van der Waals surface area contributed by atoms with Gasteiger partial charge in [-0.1, -0.05) is 175 Å². The molecule has 4 aromatic carbocycles. The van der Waals surface area contributed by atoms with E-state index in [-0.39, 0.29) is 23.1 Å². The van der Waals surface area contributed by atoms with E-state index in [1.54, 1.807) is 40.7 Å². The molecule has 0 aliphatic heterocycles. The second-order valence-corrected chi connectivity index (χ2v) is 17.1. The average molecular weight is 947 g/mol. The molecule has 0 bridgehead atoms. The fourth-order valence-electron chi connectivity index (χ4n) is 6.47. The fourth-order valence-corrected chi connectivity index (χ4v) is 6.47. The highest BCUT2D eigenvalue weighted by molar-refractivity contribution is 5.91. The first-order valence-corrected chi connectivity index (χ1v) is 25.7. The molecule has 4 rings (SSSR count). The zero-order valence-electron chi connectivity index (χ0n) is 47.8. The van der Waals surface area contributed by atoms with Gasteiger partial charge in [-0.2, -0.15) is 0 Å². The monoisotopic (exact) mass is 947 g/mol. The first-order chi connectivity index (χ1) is 32.6. The van der Waals surface area contributed by atoms with Gasteiger partial charge >= 0.3 is 0 Å². The molecule has 0 saturated carbocycles. The van der Waals surface area contributed by atoms with Crippen molar-refractivity contribution in [2.75, 3.05) is 0 Å². The zero-order chi connectivity index (χ0) is 54.1. The quantitative estimate of drug-likeness (QED) is 0.104. The van der Waals surface area contributed by atoms with E-state index >= 15 is 0 Å². The van der Waals surface area contributed by atoms with Crippen LogP contribution < -0.4 is 0 Å². The molecule has 4 aromatic rings. The van der Waals surface area contributed by atoms with Crippen LogP contribution in [-0.4, -0.2) is 28.9 Å². The van der Waals surface area contributed by atoms with Crippen LogP contribution in [0.15, 0.2) is 84.4 Å². The van der Waals surface area contributed by atoms with E-state index in [9.17, 15) is 24.0 Å². The van der Waals surface area contributed by atoms with E-state index in [2.05, 4.69) is 129 Å². The molecule has 0 aliphatic carbocycles. The van der Waals surface area contributed by atoms with Gasteiger partial charge in [-0.25, -0.2) is 0 Å². The third-order valence-corrected chi connectivity index (χ3v) is 10.3. The van der Waals surface area contributed by atoms with Gasteiger partial charge in [0.25, 0.3) is 0 Å². The summed E-state index contributed by atoms with van der Waals surface area (Å²) in [5.41, 5.74) is 16.5. The summed E-state index contributed by atoms with van der Waals surface area (Å²) in [7, 11) is 0. The SMILES string of the molecule is CC.CC.CC.CC(=O)/C=C/c1ccc(C)cc1C.CC(=O)CCC(=Cc1ccc(C)cc1C)CCC(C)=O.CC(=O)CCc1ccc(C)cc1C.CCCCC(C)=O.CCc1ccc(C)cc1C. The molecule has 0 saturated heterocycles. The van der Waals surface area contributed by atoms with Gasteiger partial charge in [0.2, 0.25) is 0 Å². The minimum absolute atomic E-state index is 0.0833. The van der Waals surface area contributed by atoms with Crippen LogP contribution in [0, 0.1) is 55.4 Å². The van der Waals surface area contributed by atoms with Crippen molar-refractivity contribution in [3.8, 4) is 0 Å². The van der Waals surface area contributed by atoms with Crippen LogP contribution in [0.5, 0.6) is 0 Å². The van der Waals surface area contributed by atoms with Gasteiger partial charge in [-0.15, -0.1) is 0 Å². The van der Waals surface area contributed by atoms with Crippen LogP contribution in [0.4, 0.5) is 0 Å². The molecule has 0 heterocycles. The van der Waals surface area contributed by atoms with Crippen molar-refractivity contribution in [2.45, 2.75) is 210 Å². The highest BCUT2D eigenvalue weighted by Crippen LogP contribution is 2.21. The second-order valence-electron chi connectivity index (χ2n) is 17.1. The van der Waals surface area contributed by atoms with Crippen LogP contribution in [-0.2, 0) is 36.8 Å². The molecule has 0 spiro atoms. The van der Waals surface area contributed by atoms with Crippen LogP contribution in [0.2, 0.25) is 0 Å². The number of Topliss-reactive ketones (excluding diaryl/α,β-unsaturated/α-hetero) is 4. The molecule has 5 heteroatoms. The average Bonchev–Trinajstić information content (AvgIpc) is 3.29. The van der Waals surface area contributed by atoms with Gasteiger partial charge in [-0.3, -0.25) is 4.79 Å². The fraction of sp³-hybridized carbons (Fsp3) is 0.484. The molecule has 0 aliphatic rings. The molecule has 0 atom stereocenters. The largest absolute Gasteiger partial charge is 0.300 e. The van der Waals surface area contributed by atoms with Gasteiger partial charge < -0.3 is 19.2 Å². The van der Waals surface area contributed by atoms with E-state index < -0.39 is 0 Å². The van der Waals surface area contributed by atoms with Crippen molar-refractivity contribution in [1.29, 1.82) is 0 Å². The summed E-state index contributed by atoms with van der Waals surface area (Å²) in [5.74, 6) is 1.04. The molecule has 5 nitrogen and oxygen atoms in total. The Bertz CT molecular complexity index is 2110. The molecule has 0 unspecified atom stereocenters. The van der Waals surface area contributed by atoms with Crippen LogP contribution >= 0.6 is 0 Å². The number of rotatable bonds is 16. The first-order valence-electron chi connectivity index (χ1n) is 25.7. The van der Waals surface area contributed by atoms with Crippen molar-refractivity contribution in [3.63, 3.8) is 0 Å². The van der Waals surface area contributed by atoms with Crippen molar-refractivity contribution in [3.05, 3.63) is 151 Å². The lowest BCUT2D eigenvalue weighted by Gasteiger charge is -2.08. The third kappa shape index (κ3) is 39.3. The molecule has 0 N–H and O–H groups in total. The highest BCUT2D eigenvalue weighted by atomic mass is 16.1. The number of ketones is 5. The summed E-state index contributed by atoms with van der Waals surface area (Å²) in [6.07, 6.45) is 13.8. The maximum Gasteiger partial charge on any atom is 0.152 e. The Balaban J connectivity index is -0.000000385. The lowest BCUT2D eigenvalue weighted by Crippen LogP contribution is -1.96. The Kier molecular flexibility index (Phi) is 44.8. The van der Waals surface area contributed by atoms with Crippen molar-refractivity contribution in [1.82, 2.24) is 0 Å². The summed E-state index contributed by atoms with van der Waals surface area (Å²) < 4.78 is 0. The molecule has 0 aromatic heterocycles. The zero-order valence-corrected chi connectivity index (χ0v) is 47.8. The number of carbonyl (C=O) groups excluding carboxylic acids is 5. The minimum atomic E-state index is 0.0833. The molecule has 0 amide bonds. The highest BCUT2D eigenvalue weighted by Gasteiger charge is 2.05. The number of aryl methyl sites for hydroxylation is 10. The predicted molar refractivity (Wildman–Crippen MR) is 304 cm³/mol. The van der Waals surface area contributed by atoms with E-state index in [1.807, 2.05) is 66.7 Å². The molecule has 69 heavy (non-hydrogen) atoms. The number of unbranched alkanes of at least 4 members (excludes halogenated alkanes) is 1. The van der Waals surface area contributed by atoms with E-state index in [0.717, 1.165) is 50.5 Å². The predicted octanol–water partition coefficient (Wildman–Crippen LogP) is 17.9. The Morgan fingerprint density at radius 2 is 0.783 bits per heavy atom. The van der Waals surface area contributed by atoms with Crippen LogP contribution in [0.25, 0.3) is 12.2 Å². The molecule has 0 fully saturated rings. The summed E-state index contributed by atoms with van der Waals surface area (Å²) >= 11 is 0. The van der Waals surface area contributed by atoms with Crippen LogP contribution in [0.3, 0.4) is 0 Å². The summed E-state index contributed by atoms with van der Waals surface area (Å²) in [6.45, 7) is 41.1. The summed E-state index contributed by atoms with van der Waals surface area (Å²) in [5, 5.41) is 0. The van der Waals surface area contributed by atoms with E-state index in [1.165, 1.54) is 66.8 Å². The van der Waals surface area contributed by atoms with Gasteiger partial charge in [0.15, 0.2) is 5.78 Å². The second kappa shape index (κ2) is 44.0. The minimum Gasteiger partial charge on any atom is -0.300 e. The van der Waals surface area contributed by atoms with Gasteiger partial charge in [0.05, 0.1) is 0 Å². The smallest absolute Gasteiger partial charge is 0.152 e. The van der Waals surface area contributed by atoms with Gasteiger partial charge in [0, 0.05) is 25.7 Å². The van der Waals surface area contributed by atoms with E-state index in [0.29, 0.717) is 25.0 Å². The van der Waals surface area contributed by atoms with Crippen LogP contribution in [0.1, 0.15) is 208 Å². The number of hydrogen-bond donors (Lipinski definition) is 0. The Morgan fingerprint density at radius 3 is 1.10 bits per heavy atom. The topological polar surface area (TPSA) is 85.3 Å². The van der Waals surface area contributed by atoms with E-state index in [4.69, 9.17) is 0 Å². The van der Waals surface area contributed by atoms with Gasteiger partial charge in [-0.05, 0) is 173 Å². The summed E-state index contributed by atoms with van der Waals surface area (Å²) in [6, 6.07) is 25.5. The Morgan fingerprint density at radius 1 is 0.420 bits per heavy atom. The third-order valence-electron chi connectivity index (χ3n) is 10.3. The molecular formula is C64H98O5.